The van der Waals surface area contributed by atoms with Crippen molar-refractivity contribution in [1.82, 2.24) is 20.0 Å². The number of guanidine groups is 1. The van der Waals surface area contributed by atoms with E-state index in [0.717, 1.165) is 43.6 Å². The van der Waals surface area contributed by atoms with Crippen LogP contribution in [0.2, 0.25) is 0 Å². The Kier molecular flexibility index (Phi) is 11.2. The van der Waals surface area contributed by atoms with Gasteiger partial charge in [-0.25, -0.2) is 4.99 Å². The van der Waals surface area contributed by atoms with Gasteiger partial charge in [-0.1, -0.05) is 18.2 Å². The molecule has 0 radical (unpaired) electrons. The van der Waals surface area contributed by atoms with Gasteiger partial charge in [0.15, 0.2) is 5.96 Å². The monoisotopic (exact) mass is 557 g/mol. The number of likely N-dealkylation sites (tertiary alicyclic amines) is 1. The van der Waals surface area contributed by atoms with E-state index in [0.29, 0.717) is 19.1 Å². The fourth-order valence-corrected chi connectivity index (χ4v) is 4.88. The third-order valence-electron chi connectivity index (χ3n) is 5.57. The number of hydrogen-bond donors (Lipinski definition) is 1. The molecule has 31 heavy (non-hydrogen) atoms. The van der Waals surface area contributed by atoms with Crippen molar-refractivity contribution in [1.29, 1.82) is 0 Å². The summed E-state index contributed by atoms with van der Waals surface area (Å²) in [4.78, 5) is 8.74. The molecule has 8 heteroatoms. The Morgan fingerprint density at radius 3 is 2.77 bits per heavy atom. The van der Waals surface area contributed by atoms with E-state index in [-0.39, 0.29) is 24.0 Å². The molecule has 1 atom stereocenters. The summed E-state index contributed by atoms with van der Waals surface area (Å²) in [6.07, 6.45) is 1.22. The summed E-state index contributed by atoms with van der Waals surface area (Å²) in [5, 5.41) is 8.16. The second kappa shape index (κ2) is 13.3. The quantitative estimate of drug-likeness (QED) is 0.215. The maximum atomic E-state index is 5.20. The standard InChI is InChI=1S/C23H35N5OS.HI/c1-5-24-23(25-15-22-18(2)26-28(19(22)3)13-14-29-4)27-12-11-20(16-27)17-30-21-9-7-6-8-10-21;/h6-10,20H,5,11-17H2,1-4H3,(H,24,25);1H. The average Bonchev–Trinajstić information content (AvgIpc) is 3.33. The maximum Gasteiger partial charge on any atom is 0.194 e. The summed E-state index contributed by atoms with van der Waals surface area (Å²) in [5.74, 6) is 2.87. The van der Waals surface area contributed by atoms with Gasteiger partial charge in [-0.2, -0.15) is 5.10 Å². The van der Waals surface area contributed by atoms with Crippen molar-refractivity contribution in [3.63, 3.8) is 0 Å². The first-order valence-electron chi connectivity index (χ1n) is 10.8. The van der Waals surface area contributed by atoms with Crippen LogP contribution in [0.15, 0.2) is 40.2 Å². The summed E-state index contributed by atoms with van der Waals surface area (Å²) in [7, 11) is 1.72. The second-order valence-electron chi connectivity index (χ2n) is 7.76. The first-order chi connectivity index (χ1) is 14.6. The molecule has 3 rings (SSSR count). The smallest absolute Gasteiger partial charge is 0.194 e. The van der Waals surface area contributed by atoms with E-state index in [2.05, 4.69) is 66.4 Å². The van der Waals surface area contributed by atoms with Gasteiger partial charge in [-0.15, -0.1) is 35.7 Å². The zero-order valence-corrected chi connectivity index (χ0v) is 22.3. The minimum absolute atomic E-state index is 0. The number of aromatic nitrogens is 2. The van der Waals surface area contributed by atoms with E-state index in [4.69, 9.17) is 9.73 Å². The number of hydrogen-bond acceptors (Lipinski definition) is 4. The summed E-state index contributed by atoms with van der Waals surface area (Å²) < 4.78 is 7.23. The van der Waals surface area contributed by atoms with E-state index in [1.807, 2.05) is 16.4 Å². The highest BCUT2D eigenvalue weighted by atomic mass is 127. The first kappa shape index (κ1) is 26.0. The topological polar surface area (TPSA) is 54.7 Å². The van der Waals surface area contributed by atoms with Crippen molar-refractivity contribution < 1.29 is 4.74 Å². The Balaban J connectivity index is 0.00000341. The number of methoxy groups -OCH3 is 1. The van der Waals surface area contributed by atoms with Crippen LogP contribution in [-0.4, -0.2) is 59.7 Å². The maximum absolute atomic E-state index is 5.20. The highest BCUT2D eigenvalue weighted by molar-refractivity contribution is 14.0. The van der Waals surface area contributed by atoms with Crippen LogP contribution >= 0.6 is 35.7 Å². The Labute approximate surface area is 208 Å². The number of aliphatic imine (C=N–C) groups is 1. The van der Waals surface area contributed by atoms with Crippen LogP contribution in [0.1, 0.15) is 30.3 Å². The van der Waals surface area contributed by atoms with Crippen LogP contribution in [0.5, 0.6) is 0 Å². The van der Waals surface area contributed by atoms with Gasteiger partial charge in [0.2, 0.25) is 0 Å². The molecule has 0 saturated carbocycles. The SMILES string of the molecule is CCNC(=NCc1c(C)nn(CCOC)c1C)N1CCC(CSc2ccccc2)C1.I. The number of benzene rings is 1. The zero-order valence-electron chi connectivity index (χ0n) is 19.1. The van der Waals surface area contributed by atoms with Gasteiger partial charge >= 0.3 is 0 Å². The molecule has 2 heterocycles. The minimum Gasteiger partial charge on any atom is -0.383 e. The molecular formula is C23H36IN5OS. The lowest BCUT2D eigenvalue weighted by Gasteiger charge is -2.21. The Morgan fingerprint density at radius 2 is 2.06 bits per heavy atom. The van der Waals surface area contributed by atoms with Crippen molar-refractivity contribution in [3.05, 3.63) is 47.3 Å². The third kappa shape index (κ3) is 7.39. The van der Waals surface area contributed by atoms with Gasteiger partial charge in [0, 0.05) is 48.6 Å². The minimum atomic E-state index is 0. The Bertz CT molecular complexity index is 827. The molecule has 172 valence electrons. The molecule has 2 aromatic rings. The van der Waals surface area contributed by atoms with Crippen LogP contribution in [0, 0.1) is 19.8 Å². The van der Waals surface area contributed by atoms with Crippen molar-refractivity contribution >= 4 is 41.7 Å². The highest BCUT2D eigenvalue weighted by Crippen LogP contribution is 2.26. The average molecular weight is 558 g/mol. The second-order valence-corrected chi connectivity index (χ2v) is 8.85. The summed E-state index contributed by atoms with van der Waals surface area (Å²) >= 11 is 1.96. The van der Waals surface area contributed by atoms with Gasteiger partial charge in [-0.05, 0) is 45.2 Å². The predicted molar refractivity (Wildman–Crippen MR) is 141 cm³/mol. The number of nitrogens with zero attached hydrogens (tertiary/aromatic N) is 4. The molecule has 1 unspecified atom stereocenters. The molecule has 1 N–H and O–H groups in total. The molecule has 1 aromatic carbocycles. The van der Waals surface area contributed by atoms with Crippen LogP contribution in [0.25, 0.3) is 0 Å². The third-order valence-corrected chi connectivity index (χ3v) is 6.82. The number of ether oxygens (including phenoxy) is 1. The van der Waals surface area contributed by atoms with Crippen LogP contribution in [0.3, 0.4) is 0 Å². The van der Waals surface area contributed by atoms with Crippen LogP contribution in [-0.2, 0) is 17.8 Å². The largest absolute Gasteiger partial charge is 0.383 e. The molecule has 0 aliphatic carbocycles. The van der Waals surface area contributed by atoms with Gasteiger partial charge in [0.25, 0.3) is 0 Å². The normalized spacial score (nSPS) is 16.5. The number of nitrogens with one attached hydrogen (secondary N) is 1. The predicted octanol–water partition coefficient (Wildman–Crippen LogP) is 4.34. The lowest BCUT2D eigenvalue weighted by molar-refractivity contribution is 0.182. The van der Waals surface area contributed by atoms with Crippen molar-refractivity contribution in [2.24, 2.45) is 10.9 Å². The Hall–Kier alpha value is -1.26. The van der Waals surface area contributed by atoms with E-state index in [1.54, 1.807) is 7.11 Å². The molecule has 1 aliphatic rings. The fraction of sp³-hybridized carbons (Fsp3) is 0.565. The van der Waals surface area contributed by atoms with E-state index >= 15 is 0 Å². The lowest BCUT2D eigenvalue weighted by atomic mass is 10.2. The van der Waals surface area contributed by atoms with E-state index < -0.39 is 0 Å². The van der Waals surface area contributed by atoms with Crippen molar-refractivity contribution in [2.45, 2.75) is 45.2 Å². The lowest BCUT2D eigenvalue weighted by Crippen LogP contribution is -2.40. The highest BCUT2D eigenvalue weighted by Gasteiger charge is 2.25. The summed E-state index contributed by atoms with van der Waals surface area (Å²) in [6, 6.07) is 10.7. The molecule has 0 amide bonds. The van der Waals surface area contributed by atoms with E-state index in [9.17, 15) is 0 Å². The Morgan fingerprint density at radius 1 is 1.29 bits per heavy atom. The van der Waals surface area contributed by atoms with Crippen LogP contribution in [0.4, 0.5) is 0 Å². The molecule has 6 nitrogen and oxygen atoms in total. The van der Waals surface area contributed by atoms with E-state index in [1.165, 1.54) is 22.6 Å². The number of halogens is 1. The van der Waals surface area contributed by atoms with Gasteiger partial charge in [0.1, 0.15) is 0 Å². The molecule has 1 fully saturated rings. The fourth-order valence-electron chi connectivity index (χ4n) is 3.83. The van der Waals surface area contributed by atoms with Gasteiger partial charge < -0.3 is 15.0 Å². The molecule has 1 saturated heterocycles. The molecule has 0 spiro atoms. The number of aryl methyl sites for hydroxylation is 1. The van der Waals surface area contributed by atoms with Gasteiger partial charge in [-0.3, -0.25) is 4.68 Å². The van der Waals surface area contributed by atoms with Crippen LogP contribution < -0.4 is 5.32 Å². The van der Waals surface area contributed by atoms with Gasteiger partial charge in [0.05, 0.1) is 25.4 Å². The molecule has 1 aliphatic heterocycles. The summed E-state index contributed by atoms with van der Waals surface area (Å²) in [6.45, 7) is 11.4. The molecule has 0 bridgehead atoms. The summed E-state index contributed by atoms with van der Waals surface area (Å²) in [5.41, 5.74) is 3.46. The van der Waals surface area contributed by atoms with Crippen molar-refractivity contribution in [2.75, 3.05) is 39.1 Å². The molecular weight excluding hydrogens is 521 g/mol. The first-order valence-corrected chi connectivity index (χ1v) is 11.8. The zero-order chi connectivity index (χ0) is 21.3. The number of thioether (sulfide) groups is 1. The number of rotatable bonds is 9. The van der Waals surface area contributed by atoms with Crippen molar-refractivity contribution in [3.8, 4) is 0 Å². The molecule has 1 aromatic heterocycles.